The van der Waals surface area contributed by atoms with Crippen LogP contribution in [0.2, 0.25) is 0 Å². The molecule has 4 rings (SSSR count). The topological polar surface area (TPSA) is 114 Å². The molecule has 0 aromatic heterocycles. The molecule has 0 saturated carbocycles. The van der Waals surface area contributed by atoms with Gasteiger partial charge in [0.15, 0.2) is 0 Å². The van der Waals surface area contributed by atoms with E-state index in [1.165, 1.54) is 152 Å². The van der Waals surface area contributed by atoms with Crippen LogP contribution in [0.1, 0.15) is 230 Å². The van der Waals surface area contributed by atoms with E-state index in [1.54, 1.807) is 0 Å². The summed E-state index contributed by atoms with van der Waals surface area (Å²) in [5.74, 6) is 0. The first kappa shape index (κ1) is 59.3. The Bertz CT molecular complexity index is 1960. The summed E-state index contributed by atoms with van der Waals surface area (Å²) in [5, 5.41) is 3.08. The summed E-state index contributed by atoms with van der Waals surface area (Å²) in [6.45, 7) is 8.91. The van der Waals surface area contributed by atoms with E-state index in [-0.39, 0.29) is 37.1 Å². The molecule has 0 unspecified atom stereocenters. The van der Waals surface area contributed by atoms with Gasteiger partial charge in [0.05, 0.1) is 9.79 Å². The van der Waals surface area contributed by atoms with Gasteiger partial charge in [-0.3, -0.25) is 0 Å². The predicted molar refractivity (Wildman–Crippen MR) is 276 cm³/mol. The third-order valence-corrected chi connectivity index (χ3v) is 15.0. The number of rotatable bonds is 34. The van der Waals surface area contributed by atoms with Gasteiger partial charge in [0.25, 0.3) is 0 Å². The Hall–Kier alpha value is -1.86. The molecule has 0 aliphatic rings. The minimum atomic E-state index is -4.52. The third-order valence-electron chi connectivity index (χ3n) is 13.0. The van der Waals surface area contributed by atoms with Crippen LogP contribution in [-0.2, 0) is 45.9 Å². The van der Waals surface area contributed by atoms with E-state index in [9.17, 15) is 25.9 Å². The van der Waals surface area contributed by atoms with Crippen molar-refractivity contribution in [3.63, 3.8) is 0 Å². The van der Waals surface area contributed by atoms with Crippen LogP contribution in [0.25, 0.3) is 21.5 Å². The number of unbranched alkanes of at least 4 members (excludes halogenated alkanes) is 24. The number of hydrogen-bond donors (Lipinski definition) is 0. The summed E-state index contributed by atoms with van der Waals surface area (Å²) in [4.78, 5) is 0.0322. The van der Waals surface area contributed by atoms with Crippen LogP contribution in [0.4, 0.5) is 0 Å². The zero-order chi connectivity index (χ0) is 46.5. The van der Waals surface area contributed by atoms with Crippen LogP contribution in [0.15, 0.2) is 70.5 Å². The normalized spacial score (nSPS) is 11.8. The molecular formula is C56H86O6PbS2. The second kappa shape index (κ2) is 34.4. The van der Waals surface area contributed by atoms with Crippen molar-refractivity contribution in [1.82, 2.24) is 0 Å². The minimum Gasteiger partial charge on any atom is -0.744 e. The van der Waals surface area contributed by atoms with E-state index >= 15 is 0 Å². The Morgan fingerprint density at radius 1 is 0.323 bits per heavy atom. The first-order valence-electron chi connectivity index (χ1n) is 26.0. The number of aryl methyl sites for hydroxylation is 4. The van der Waals surface area contributed by atoms with E-state index in [0.717, 1.165) is 73.3 Å². The molecule has 362 valence electrons. The van der Waals surface area contributed by atoms with Gasteiger partial charge in [0.2, 0.25) is 0 Å². The van der Waals surface area contributed by atoms with Crippen molar-refractivity contribution in [3.05, 3.63) is 82.9 Å². The Kier molecular flexibility index (Phi) is 31.4. The molecule has 65 heavy (non-hydrogen) atoms. The molecule has 0 fully saturated rings. The van der Waals surface area contributed by atoms with E-state index in [1.807, 2.05) is 60.7 Å². The van der Waals surface area contributed by atoms with Gasteiger partial charge in [-0.2, -0.15) is 0 Å². The average Bonchev–Trinajstić information content (AvgIpc) is 3.27. The second-order valence-electron chi connectivity index (χ2n) is 18.5. The summed E-state index contributed by atoms with van der Waals surface area (Å²) in [7, 11) is -9.04. The van der Waals surface area contributed by atoms with Crippen LogP contribution >= 0.6 is 0 Å². The van der Waals surface area contributed by atoms with Gasteiger partial charge < -0.3 is 9.11 Å². The number of fused-ring (bicyclic) bond motifs is 2. The van der Waals surface area contributed by atoms with Crippen molar-refractivity contribution in [2.75, 3.05) is 0 Å². The van der Waals surface area contributed by atoms with Crippen LogP contribution < -0.4 is 0 Å². The van der Waals surface area contributed by atoms with Gasteiger partial charge in [-0.1, -0.05) is 242 Å². The molecule has 0 saturated heterocycles. The molecule has 0 atom stereocenters. The van der Waals surface area contributed by atoms with Gasteiger partial charge in [-0.05, 0) is 95.2 Å². The molecule has 0 spiro atoms. The van der Waals surface area contributed by atoms with Gasteiger partial charge in [-0.15, -0.1) is 0 Å². The second-order valence-corrected chi connectivity index (χ2v) is 21.2. The van der Waals surface area contributed by atoms with Crippen molar-refractivity contribution < 1.29 is 25.9 Å². The van der Waals surface area contributed by atoms with Crippen molar-refractivity contribution in [2.24, 2.45) is 0 Å². The fraction of sp³-hybridized carbons (Fsp3) is 0.643. The fourth-order valence-electron chi connectivity index (χ4n) is 9.44. The summed E-state index contributed by atoms with van der Waals surface area (Å²) in [6, 6.07) is 19.2. The monoisotopic (exact) mass is 1130 g/mol. The molecule has 0 bridgehead atoms. The summed E-state index contributed by atoms with van der Waals surface area (Å²) in [6.07, 6.45) is 37.2. The Balaban J connectivity index is 0.000000440. The predicted octanol–water partition coefficient (Wildman–Crippen LogP) is 16.3. The van der Waals surface area contributed by atoms with Gasteiger partial charge in [-0.25, -0.2) is 16.8 Å². The Labute approximate surface area is 418 Å². The van der Waals surface area contributed by atoms with E-state index in [4.69, 9.17) is 0 Å². The molecule has 4 aromatic carbocycles. The van der Waals surface area contributed by atoms with Gasteiger partial charge in [0.1, 0.15) is 20.2 Å². The van der Waals surface area contributed by atoms with Crippen LogP contribution in [0.3, 0.4) is 0 Å². The first-order valence-corrected chi connectivity index (χ1v) is 28.8. The Morgan fingerprint density at radius 3 is 0.785 bits per heavy atom. The first-order chi connectivity index (χ1) is 31.0. The molecule has 4 aromatic rings. The summed E-state index contributed by atoms with van der Waals surface area (Å²) >= 11 is 0. The van der Waals surface area contributed by atoms with E-state index in [0.29, 0.717) is 23.6 Å². The smallest absolute Gasteiger partial charge is 0.744 e. The molecule has 0 aliphatic heterocycles. The quantitative estimate of drug-likeness (QED) is 0.0261. The van der Waals surface area contributed by atoms with Crippen molar-refractivity contribution in [1.29, 1.82) is 0 Å². The van der Waals surface area contributed by atoms with Crippen molar-refractivity contribution >= 4 is 69.1 Å². The maximum Gasteiger partial charge on any atom is 2.00 e. The van der Waals surface area contributed by atoms with Crippen LogP contribution in [-0.4, -0.2) is 53.2 Å². The molecule has 0 aliphatic carbocycles. The number of hydrogen-bond acceptors (Lipinski definition) is 6. The van der Waals surface area contributed by atoms with Crippen LogP contribution in [0.5, 0.6) is 0 Å². The zero-order valence-corrected chi connectivity index (χ0v) is 46.7. The summed E-state index contributed by atoms with van der Waals surface area (Å²) < 4.78 is 73.3. The van der Waals surface area contributed by atoms with Gasteiger partial charge in [0, 0.05) is 0 Å². The largest absolute Gasteiger partial charge is 2.00 e. The molecule has 0 amide bonds. The van der Waals surface area contributed by atoms with E-state index < -0.39 is 20.2 Å². The number of benzene rings is 4. The van der Waals surface area contributed by atoms with Gasteiger partial charge >= 0.3 is 27.3 Å². The van der Waals surface area contributed by atoms with Crippen molar-refractivity contribution in [2.45, 2.75) is 243 Å². The standard InChI is InChI=1S/2C28H44O3S.Pb/c2*1-3-5-7-9-11-13-15-19-24-23-25(20-16-14-12-10-8-6-4-2)28(32(29,30)31)27-22-18-17-21-26(24)27;/h2*17-18,21-23H,3-16,19-20H2,1-2H3,(H,29,30,31);/q;;+2/p-2. The maximum atomic E-state index is 12.2. The third kappa shape index (κ3) is 22.4. The van der Waals surface area contributed by atoms with Crippen LogP contribution in [0, 0.1) is 0 Å². The molecule has 0 N–H and O–H groups in total. The Morgan fingerprint density at radius 2 is 0.538 bits per heavy atom. The summed E-state index contributed by atoms with van der Waals surface area (Å²) in [5.41, 5.74) is 3.84. The molecular weight excluding hydrogens is 1040 g/mol. The SMILES string of the molecule is CCCCCCCCCc1cc(CCCCCCCCC)c2ccccc2c1S(=O)(=O)[O-].CCCCCCCCCc1cc(CCCCCCCCC)c2ccccc2c1S(=O)(=O)[O-].[Pb+2]. The maximum absolute atomic E-state index is 12.2. The zero-order valence-electron chi connectivity index (χ0n) is 41.2. The molecule has 9 heteroatoms. The van der Waals surface area contributed by atoms with Crippen molar-refractivity contribution in [3.8, 4) is 0 Å². The average molecular weight is 1130 g/mol. The van der Waals surface area contributed by atoms with E-state index in [2.05, 4.69) is 27.7 Å². The molecule has 0 heterocycles. The minimum absolute atomic E-state index is 0. The fourth-order valence-corrected chi connectivity index (χ4v) is 11.3. The molecule has 6 nitrogen and oxygen atoms in total. The molecule has 2 radical (unpaired) electrons.